The number of rotatable bonds is 12. The zero-order valence-electron chi connectivity index (χ0n) is 21.7. The van der Waals surface area contributed by atoms with Crippen LogP contribution in [0, 0.1) is 0 Å². The molecule has 3 nitrogen and oxygen atoms in total. The fourth-order valence-electron chi connectivity index (χ4n) is 4.66. The normalized spacial score (nSPS) is 12.9. The first-order chi connectivity index (χ1) is 18.0. The standard InChI is InChI=1S/C33H36ClNO2/c1-3-35(4-2)24-25-37-32-20-16-30(17-21-32)33(36,23-22-26-10-18-31(34)19-11-26)29-14-12-28(13-15-29)27-8-6-5-7-9-27/h5-21,36H,3-4,22-25H2,1-2H3. The largest absolute Gasteiger partial charge is 0.492 e. The summed E-state index contributed by atoms with van der Waals surface area (Å²) in [5.74, 6) is 0.815. The Labute approximate surface area is 226 Å². The molecule has 4 aromatic carbocycles. The number of aliphatic hydroxyl groups is 1. The highest BCUT2D eigenvalue weighted by molar-refractivity contribution is 6.30. The van der Waals surface area contributed by atoms with E-state index >= 15 is 0 Å². The van der Waals surface area contributed by atoms with Crippen LogP contribution in [0.1, 0.15) is 37.0 Å². The third kappa shape index (κ3) is 7.01. The van der Waals surface area contributed by atoms with Crippen LogP contribution in [-0.2, 0) is 12.0 Å². The molecular formula is C33H36ClNO2. The Morgan fingerprint density at radius 3 is 1.89 bits per heavy atom. The summed E-state index contributed by atoms with van der Waals surface area (Å²) in [5, 5.41) is 12.9. The van der Waals surface area contributed by atoms with Gasteiger partial charge in [-0.2, -0.15) is 0 Å². The van der Waals surface area contributed by atoms with Crippen LogP contribution in [-0.4, -0.2) is 36.2 Å². The Morgan fingerprint density at radius 2 is 1.30 bits per heavy atom. The molecular weight excluding hydrogens is 478 g/mol. The first kappa shape index (κ1) is 26.9. The van der Waals surface area contributed by atoms with Gasteiger partial charge in [0.1, 0.15) is 18.0 Å². The van der Waals surface area contributed by atoms with Gasteiger partial charge in [0.05, 0.1) is 0 Å². The zero-order chi connectivity index (χ0) is 26.1. The van der Waals surface area contributed by atoms with Crippen molar-refractivity contribution in [2.24, 2.45) is 0 Å². The summed E-state index contributed by atoms with van der Waals surface area (Å²) in [7, 11) is 0. The topological polar surface area (TPSA) is 32.7 Å². The van der Waals surface area contributed by atoms with Gasteiger partial charge in [-0.15, -0.1) is 0 Å². The van der Waals surface area contributed by atoms with E-state index in [-0.39, 0.29) is 0 Å². The van der Waals surface area contributed by atoms with Crippen LogP contribution in [0.3, 0.4) is 0 Å². The molecule has 0 saturated carbocycles. The second-order valence-electron chi connectivity index (χ2n) is 9.33. The van der Waals surface area contributed by atoms with Crippen LogP contribution < -0.4 is 4.74 Å². The molecule has 0 amide bonds. The van der Waals surface area contributed by atoms with Gasteiger partial charge in [-0.25, -0.2) is 0 Å². The van der Waals surface area contributed by atoms with Gasteiger partial charge >= 0.3 is 0 Å². The Bertz CT molecular complexity index is 1220. The first-order valence-corrected chi connectivity index (χ1v) is 13.5. The van der Waals surface area contributed by atoms with Gasteiger partial charge in [0.2, 0.25) is 0 Å². The van der Waals surface area contributed by atoms with Gasteiger partial charge in [0.25, 0.3) is 0 Å². The van der Waals surface area contributed by atoms with Crippen molar-refractivity contribution in [3.63, 3.8) is 0 Å². The minimum absolute atomic E-state index is 0.543. The number of hydrogen-bond acceptors (Lipinski definition) is 3. The molecule has 37 heavy (non-hydrogen) atoms. The lowest BCUT2D eigenvalue weighted by atomic mass is 9.81. The van der Waals surface area contributed by atoms with E-state index in [9.17, 15) is 5.11 Å². The van der Waals surface area contributed by atoms with E-state index in [1.807, 2.05) is 78.9 Å². The van der Waals surface area contributed by atoms with Crippen molar-refractivity contribution < 1.29 is 9.84 Å². The number of nitrogens with zero attached hydrogens (tertiary/aromatic N) is 1. The zero-order valence-corrected chi connectivity index (χ0v) is 22.5. The fourth-order valence-corrected chi connectivity index (χ4v) is 4.79. The van der Waals surface area contributed by atoms with Crippen molar-refractivity contribution in [3.8, 4) is 16.9 Å². The third-order valence-electron chi connectivity index (χ3n) is 7.06. The molecule has 0 spiro atoms. The SMILES string of the molecule is CCN(CC)CCOc1ccc(C(O)(CCc2ccc(Cl)cc2)c2ccc(-c3ccccc3)cc2)cc1. The quantitative estimate of drug-likeness (QED) is 0.212. The Morgan fingerprint density at radius 1 is 0.730 bits per heavy atom. The molecule has 1 unspecified atom stereocenters. The summed E-state index contributed by atoms with van der Waals surface area (Å²) in [6.07, 6.45) is 1.26. The molecule has 1 atom stereocenters. The smallest absolute Gasteiger partial charge is 0.119 e. The van der Waals surface area contributed by atoms with Gasteiger partial charge in [0.15, 0.2) is 0 Å². The lowest BCUT2D eigenvalue weighted by molar-refractivity contribution is 0.0712. The maximum atomic E-state index is 12.2. The minimum Gasteiger partial charge on any atom is -0.492 e. The molecule has 4 aromatic rings. The number of hydrogen-bond donors (Lipinski definition) is 1. The van der Waals surface area contributed by atoms with Crippen molar-refractivity contribution in [2.75, 3.05) is 26.2 Å². The molecule has 0 fully saturated rings. The number of benzene rings is 4. The fraction of sp³-hybridized carbons (Fsp3) is 0.273. The van der Waals surface area contributed by atoms with Crippen LogP contribution in [0.5, 0.6) is 5.75 Å². The van der Waals surface area contributed by atoms with E-state index in [1.54, 1.807) is 0 Å². The molecule has 0 aliphatic carbocycles. The number of halogens is 1. The molecule has 0 radical (unpaired) electrons. The lowest BCUT2D eigenvalue weighted by Crippen LogP contribution is -2.28. The Balaban J connectivity index is 1.57. The van der Waals surface area contributed by atoms with Gasteiger partial charge in [0, 0.05) is 11.6 Å². The summed E-state index contributed by atoms with van der Waals surface area (Å²) in [6, 6.07) is 34.3. The van der Waals surface area contributed by atoms with E-state index in [4.69, 9.17) is 16.3 Å². The molecule has 0 saturated heterocycles. The molecule has 0 aromatic heterocycles. The Kier molecular flexibility index (Phi) is 9.40. The van der Waals surface area contributed by atoms with E-state index < -0.39 is 5.60 Å². The summed E-state index contributed by atoms with van der Waals surface area (Å²) in [4.78, 5) is 2.34. The van der Waals surface area contributed by atoms with E-state index in [0.29, 0.717) is 18.1 Å². The molecule has 0 aliphatic heterocycles. The van der Waals surface area contributed by atoms with Crippen molar-refractivity contribution in [3.05, 3.63) is 125 Å². The van der Waals surface area contributed by atoms with Crippen LogP contribution >= 0.6 is 11.6 Å². The second-order valence-corrected chi connectivity index (χ2v) is 9.77. The third-order valence-corrected chi connectivity index (χ3v) is 7.31. The summed E-state index contributed by atoms with van der Waals surface area (Å²) in [6.45, 7) is 7.90. The highest BCUT2D eigenvalue weighted by Crippen LogP contribution is 2.36. The maximum absolute atomic E-state index is 12.2. The van der Waals surface area contributed by atoms with Crippen LogP contribution in [0.2, 0.25) is 5.02 Å². The molecule has 4 heteroatoms. The van der Waals surface area contributed by atoms with Crippen molar-refractivity contribution >= 4 is 11.6 Å². The van der Waals surface area contributed by atoms with Gasteiger partial charge in [-0.05, 0) is 78.0 Å². The van der Waals surface area contributed by atoms with Gasteiger partial charge < -0.3 is 14.7 Å². The molecule has 192 valence electrons. The van der Waals surface area contributed by atoms with Gasteiger partial charge in [-0.3, -0.25) is 0 Å². The second kappa shape index (κ2) is 12.9. The average molecular weight is 514 g/mol. The minimum atomic E-state index is -1.14. The van der Waals surface area contributed by atoms with E-state index in [2.05, 4.69) is 43.0 Å². The molecule has 0 aliphatic rings. The van der Waals surface area contributed by atoms with Crippen molar-refractivity contribution in [1.82, 2.24) is 4.90 Å². The summed E-state index contributed by atoms with van der Waals surface area (Å²) < 4.78 is 5.98. The Hall–Kier alpha value is -3.11. The van der Waals surface area contributed by atoms with Crippen LogP contribution in [0.4, 0.5) is 0 Å². The van der Waals surface area contributed by atoms with Crippen LogP contribution in [0.15, 0.2) is 103 Å². The van der Waals surface area contributed by atoms with Crippen LogP contribution in [0.25, 0.3) is 11.1 Å². The number of aryl methyl sites for hydroxylation is 1. The average Bonchev–Trinajstić information content (AvgIpc) is 2.96. The maximum Gasteiger partial charge on any atom is 0.119 e. The summed E-state index contributed by atoms with van der Waals surface area (Å²) >= 11 is 6.08. The lowest BCUT2D eigenvalue weighted by Gasteiger charge is -2.30. The highest BCUT2D eigenvalue weighted by Gasteiger charge is 2.31. The predicted octanol–water partition coefficient (Wildman–Crippen LogP) is 7.60. The number of ether oxygens (including phenoxy) is 1. The molecule has 4 rings (SSSR count). The summed E-state index contributed by atoms with van der Waals surface area (Å²) in [5.41, 5.74) is 4.00. The monoisotopic (exact) mass is 513 g/mol. The van der Waals surface area contributed by atoms with Gasteiger partial charge in [-0.1, -0.05) is 104 Å². The number of likely N-dealkylation sites (N-methyl/N-ethyl adjacent to an activating group) is 1. The van der Waals surface area contributed by atoms with E-state index in [1.165, 1.54) is 0 Å². The van der Waals surface area contributed by atoms with Crippen molar-refractivity contribution in [2.45, 2.75) is 32.3 Å². The predicted molar refractivity (Wildman–Crippen MR) is 154 cm³/mol. The molecule has 1 N–H and O–H groups in total. The first-order valence-electron chi connectivity index (χ1n) is 13.1. The molecule has 0 bridgehead atoms. The highest BCUT2D eigenvalue weighted by atomic mass is 35.5. The molecule has 0 heterocycles. The van der Waals surface area contributed by atoms with E-state index in [0.717, 1.165) is 59.6 Å². The van der Waals surface area contributed by atoms with Crippen molar-refractivity contribution in [1.29, 1.82) is 0 Å².